The molecule has 0 aliphatic rings. The van der Waals surface area contributed by atoms with Crippen LogP contribution in [0.2, 0.25) is 5.02 Å². The molecule has 0 bridgehead atoms. The van der Waals surface area contributed by atoms with Crippen molar-refractivity contribution in [1.82, 2.24) is 0 Å². The van der Waals surface area contributed by atoms with E-state index in [0.717, 1.165) is 12.1 Å². The maximum atomic E-state index is 13.7. The highest BCUT2D eigenvalue weighted by molar-refractivity contribution is 6.31. The first kappa shape index (κ1) is 15.1. The van der Waals surface area contributed by atoms with E-state index in [2.05, 4.69) is 5.32 Å². The van der Waals surface area contributed by atoms with Gasteiger partial charge in [-0.05, 0) is 18.2 Å². The van der Waals surface area contributed by atoms with Crippen LogP contribution in [0.3, 0.4) is 0 Å². The fourth-order valence-electron chi connectivity index (χ4n) is 1.74. The summed E-state index contributed by atoms with van der Waals surface area (Å²) in [7, 11) is 0. The zero-order valence-corrected chi connectivity index (χ0v) is 11.1. The monoisotopic (exact) mass is 316 g/mol. The van der Waals surface area contributed by atoms with Crippen molar-refractivity contribution in [3.8, 4) is 0 Å². The van der Waals surface area contributed by atoms with Gasteiger partial charge in [0.25, 0.3) is 5.69 Å². The van der Waals surface area contributed by atoms with Gasteiger partial charge in [-0.15, -0.1) is 0 Å². The first-order chi connectivity index (χ1) is 9.91. The average Bonchev–Trinajstić information content (AvgIpc) is 2.42. The van der Waals surface area contributed by atoms with Gasteiger partial charge in [-0.2, -0.15) is 0 Å². The van der Waals surface area contributed by atoms with E-state index in [1.165, 1.54) is 12.1 Å². The number of nitro benzene ring substituents is 1. The molecule has 21 heavy (non-hydrogen) atoms. The Hall–Kier alpha value is -2.28. The lowest BCUT2D eigenvalue weighted by atomic mass is 10.2. The largest absolute Gasteiger partial charge is 0.373 e. The standard InChI is InChI=1S/C13H8ClF3N2O2/c14-8-2-1-3-9(15)7(8)6-18-13-11(19(20)21)5-4-10(16)12(13)17/h1-5,18H,6H2. The molecule has 0 aromatic heterocycles. The van der Waals surface area contributed by atoms with E-state index in [4.69, 9.17) is 11.6 Å². The first-order valence-corrected chi connectivity index (χ1v) is 6.08. The minimum atomic E-state index is -1.41. The molecule has 0 fully saturated rings. The van der Waals surface area contributed by atoms with Gasteiger partial charge in [0.1, 0.15) is 5.82 Å². The number of nitro groups is 1. The molecule has 0 spiro atoms. The summed E-state index contributed by atoms with van der Waals surface area (Å²) in [4.78, 5) is 9.94. The third kappa shape index (κ3) is 3.08. The highest BCUT2D eigenvalue weighted by atomic mass is 35.5. The number of anilines is 1. The Morgan fingerprint density at radius 2 is 1.86 bits per heavy atom. The molecule has 110 valence electrons. The average molecular weight is 317 g/mol. The highest BCUT2D eigenvalue weighted by Crippen LogP contribution is 2.30. The lowest BCUT2D eigenvalue weighted by molar-refractivity contribution is -0.384. The van der Waals surface area contributed by atoms with E-state index in [1.807, 2.05) is 0 Å². The number of benzene rings is 2. The van der Waals surface area contributed by atoms with Crippen LogP contribution in [0.1, 0.15) is 5.56 Å². The summed E-state index contributed by atoms with van der Waals surface area (Å²) in [5.41, 5.74) is -1.31. The number of rotatable bonds is 4. The minimum Gasteiger partial charge on any atom is -0.373 e. The van der Waals surface area contributed by atoms with Crippen LogP contribution >= 0.6 is 11.6 Å². The normalized spacial score (nSPS) is 10.5. The van der Waals surface area contributed by atoms with Gasteiger partial charge < -0.3 is 5.32 Å². The molecular formula is C13H8ClF3N2O2. The molecule has 0 amide bonds. The molecular weight excluding hydrogens is 309 g/mol. The molecule has 1 N–H and O–H groups in total. The van der Waals surface area contributed by atoms with E-state index in [1.54, 1.807) is 0 Å². The van der Waals surface area contributed by atoms with Crippen molar-refractivity contribution in [2.75, 3.05) is 5.32 Å². The van der Waals surface area contributed by atoms with Gasteiger partial charge in [-0.3, -0.25) is 10.1 Å². The summed E-state index contributed by atoms with van der Waals surface area (Å²) in [5.74, 6) is -3.31. The molecule has 0 atom stereocenters. The van der Waals surface area contributed by atoms with Crippen LogP contribution in [0.15, 0.2) is 30.3 Å². The second-order valence-electron chi connectivity index (χ2n) is 4.07. The summed E-state index contributed by atoms with van der Waals surface area (Å²) in [6.07, 6.45) is 0. The van der Waals surface area contributed by atoms with Gasteiger partial charge in [-0.1, -0.05) is 17.7 Å². The van der Waals surface area contributed by atoms with Crippen LogP contribution in [0.5, 0.6) is 0 Å². The second-order valence-corrected chi connectivity index (χ2v) is 4.47. The Kier molecular flexibility index (Phi) is 4.32. The molecule has 4 nitrogen and oxygen atoms in total. The van der Waals surface area contributed by atoms with Crippen LogP contribution < -0.4 is 5.32 Å². The molecule has 8 heteroatoms. The number of nitrogens with one attached hydrogen (secondary N) is 1. The van der Waals surface area contributed by atoms with Gasteiger partial charge >= 0.3 is 0 Å². The van der Waals surface area contributed by atoms with Crippen LogP contribution in [0.25, 0.3) is 0 Å². The molecule has 2 aromatic carbocycles. The minimum absolute atomic E-state index is 0.00266. The first-order valence-electron chi connectivity index (χ1n) is 5.71. The van der Waals surface area contributed by atoms with Crippen LogP contribution in [-0.4, -0.2) is 4.92 Å². The Bertz CT molecular complexity index is 690. The van der Waals surface area contributed by atoms with Crippen molar-refractivity contribution < 1.29 is 18.1 Å². The van der Waals surface area contributed by atoms with E-state index >= 15 is 0 Å². The van der Waals surface area contributed by atoms with Crippen molar-refractivity contribution in [1.29, 1.82) is 0 Å². The smallest absolute Gasteiger partial charge is 0.295 e. The third-order valence-corrected chi connectivity index (χ3v) is 3.13. The SMILES string of the molecule is O=[N+]([O-])c1ccc(F)c(F)c1NCc1c(F)cccc1Cl. The highest BCUT2D eigenvalue weighted by Gasteiger charge is 2.22. The van der Waals surface area contributed by atoms with E-state index in [-0.39, 0.29) is 17.1 Å². The van der Waals surface area contributed by atoms with Crippen molar-refractivity contribution in [3.63, 3.8) is 0 Å². The molecule has 0 radical (unpaired) electrons. The van der Waals surface area contributed by atoms with E-state index in [9.17, 15) is 23.3 Å². The Labute approximate surface area is 122 Å². The molecule has 0 saturated heterocycles. The Balaban J connectivity index is 2.36. The number of hydrogen-bond acceptors (Lipinski definition) is 3. The topological polar surface area (TPSA) is 55.2 Å². The van der Waals surface area contributed by atoms with Crippen molar-refractivity contribution in [2.45, 2.75) is 6.54 Å². The summed E-state index contributed by atoms with van der Waals surface area (Å²) < 4.78 is 40.4. The zero-order chi connectivity index (χ0) is 15.6. The molecule has 0 aliphatic heterocycles. The predicted molar refractivity (Wildman–Crippen MR) is 71.7 cm³/mol. The molecule has 0 heterocycles. The number of nitrogens with zero attached hydrogens (tertiary/aromatic N) is 1. The quantitative estimate of drug-likeness (QED) is 0.676. The molecule has 2 aromatic rings. The van der Waals surface area contributed by atoms with Gasteiger partial charge in [-0.25, -0.2) is 13.2 Å². The van der Waals surface area contributed by atoms with Crippen LogP contribution in [0.4, 0.5) is 24.5 Å². The van der Waals surface area contributed by atoms with Crippen molar-refractivity contribution in [3.05, 3.63) is 68.5 Å². The summed E-state index contributed by atoms with van der Waals surface area (Å²) >= 11 is 5.79. The van der Waals surface area contributed by atoms with Gasteiger partial charge in [0, 0.05) is 23.2 Å². The molecule has 0 saturated carbocycles. The fourth-order valence-corrected chi connectivity index (χ4v) is 1.97. The maximum Gasteiger partial charge on any atom is 0.295 e. The van der Waals surface area contributed by atoms with E-state index in [0.29, 0.717) is 6.07 Å². The van der Waals surface area contributed by atoms with Crippen molar-refractivity contribution >= 4 is 23.0 Å². The second kappa shape index (κ2) is 6.01. The lowest BCUT2D eigenvalue weighted by Gasteiger charge is -2.10. The van der Waals surface area contributed by atoms with Gasteiger partial charge in [0.05, 0.1) is 4.92 Å². The predicted octanol–water partition coefficient (Wildman–Crippen LogP) is 4.28. The Morgan fingerprint density at radius 1 is 1.14 bits per heavy atom. The number of halogens is 4. The van der Waals surface area contributed by atoms with Gasteiger partial charge in [0.2, 0.25) is 0 Å². The van der Waals surface area contributed by atoms with Crippen LogP contribution in [-0.2, 0) is 6.54 Å². The summed E-state index contributed by atoms with van der Waals surface area (Å²) in [5, 5.41) is 13.2. The number of hydrogen-bond donors (Lipinski definition) is 1. The Morgan fingerprint density at radius 3 is 2.48 bits per heavy atom. The molecule has 2 rings (SSSR count). The van der Waals surface area contributed by atoms with Gasteiger partial charge in [0.15, 0.2) is 17.3 Å². The zero-order valence-electron chi connectivity index (χ0n) is 10.4. The molecule has 0 aliphatic carbocycles. The summed E-state index contributed by atoms with van der Waals surface area (Å²) in [6, 6.07) is 5.40. The van der Waals surface area contributed by atoms with Crippen molar-refractivity contribution in [2.24, 2.45) is 0 Å². The summed E-state index contributed by atoms with van der Waals surface area (Å²) in [6.45, 7) is -0.327. The fraction of sp³-hybridized carbons (Fsp3) is 0.0769. The van der Waals surface area contributed by atoms with E-state index < -0.39 is 33.7 Å². The third-order valence-electron chi connectivity index (χ3n) is 2.77. The van der Waals surface area contributed by atoms with Crippen LogP contribution in [0, 0.1) is 27.6 Å². The molecule has 0 unspecified atom stereocenters. The maximum absolute atomic E-state index is 13.7. The lowest BCUT2D eigenvalue weighted by Crippen LogP contribution is -2.08.